The zero-order chi connectivity index (χ0) is 13.1. The number of hydrogen-bond donors (Lipinski definition) is 1. The number of halogens is 2. The second-order valence-corrected chi connectivity index (χ2v) is 5.91. The summed E-state index contributed by atoms with van der Waals surface area (Å²) in [5.74, 6) is -0.0974. The van der Waals surface area contributed by atoms with Crippen LogP contribution in [0.1, 0.15) is 15.9 Å². The zero-order valence-electron chi connectivity index (χ0n) is 9.71. The highest BCUT2D eigenvalue weighted by molar-refractivity contribution is 14.1. The van der Waals surface area contributed by atoms with Crippen molar-refractivity contribution in [1.82, 2.24) is 0 Å². The van der Waals surface area contributed by atoms with E-state index in [0.717, 1.165) is 19.3 Å². The minimum Gasteiger partial charge on any atom is -0.321 e. The van der Waals surface area contributed by atoms with Crippen LogP contribution in [0.4, 0.5) is 5.69 Å². The van der Waals surface area contributed by atoms with Crippen LogP contribution in [0.25, 0.3) is 0 Å². The van der Waals surface area contributed by atoms with Crippen LogP contribution in [-0.2, 0) is 0 Å². The van der Waals surface area contributed by atoms with Crippen molar-refractivity contribution in [2.45, 2.75) is 6.92 Å². The van der Waals surface area contributed by atoms with E-state index in [1.54, 1.807) is 0 Å². The standard InChI is InChI=1S/C14H11BrINO/c1-9-6-7-10(8-11(9)15)14(18)17-13-5-3-2-4-12(13)16/h2-8H,1H3,(H,17,18). The number of nitrogens with one attached hydrogen (secondary N) is 1. The lowest BCUT2D eigenvalue weighted by Crippen LogP contribution is -2.12. The van der Waals surface area contributed by atoms with E-state index in [-0.39, 0.29) is 5.91 Å². The molecule has 0 aliphatic rings. The molecule has 0 aliphatic heterocycles. The van der Waals surface area contributed by atoms with Gasteiger partial charge in [-0.05, 0) is 59.3 Å². The summed E-state index contributed by atoms with van der Waals surface area (Å²) in [6.07, 6.45) is 0. The van der Waals surface area contributed by atoms with E-state index >= 15 is 0 Å². The Morgan fingerprint density at radius 1 is 1.22 bits per heavy atom. The van der Waals surface area contributed by atoms with Gasteiger partial charge in [0.2, 0.25) is 0 Å². The van der Waals surface area contributed by atoms with Gasteiger partial charge in [-0.15, -0.1) is 0 Å². The molecular weight excluding hydrogens is 405 g/mol. The molecule has 0 aliphatic carbocycles. The molecule has 0 aromatic heterocycles. The Morgan fingerprint density at radius 3 is 2.61 bits per heavy atom. The van der Waals surface area contributed by atoms with Gasteiger partial charge in [-0.2, -0.15) is 0 Å². The van der Waals surface area contributed by atoms with Crippen molar-refractivity contribution in [3.05, 3.63) is 61.6 Å². The van der Waals surface area contributed by atoms with Crippen molar-refractivity contribution in [2.75, 3.05) is 5.32 Å². The number of benzene rings is 2. The number of anilines is 1. The van der Waals surface area contributed by atoms with E-state index in [2.05, 4.69) is 43.8 Å². The molecule has 0 saturated heterocycles. The fraction of sp³-hybridized carbons (Fsp3) is 0.0714. The number of aryl methyl sites for hydroxylation is 1. The number of rotatable bonds is 2. The van der Waals surface area contributed by atoms with Gasteiger partial charge in [-0.1, -0.05) is 34.1 Å². The summed E-state index contributed by atoms with van der Waals surface area (Å²) in [4.78, 5) is 12.1. The highest BCUT2D eigenvalue weighted by atomic mass is 127. The summed E-state index contributed by atoms with van der Waals surface area (Å²) in [5.41, 5.74) is 2.59. The van der Waals surface area contributed by atoms with E-state index in [0.29, 0.717) is 5.56 Å². The van der Waals surface area contributed by atoms with Gasteiger partial charge in [0, 0.05) is 13.6 Å². The molecule has 0 bridgehead atoms. The van der Waals surface area contributed by atoms with E-state index in [4.69, 9.17) is 0 Å². The third-order valence-corrected chi connectivity index (χ3v) is 4.35. The van der Waals surface area contributed by atoms with Crippen LogP contribution in [0.5, 0.6) is 0 Å². The molecule has 2 nitrogen and oxygen atoms in total. The van der Waals surface area contributed by atoms with Crippen LogP contribution in [0.15, 0.2) is 46.9 Å². The molecule has 0 unspecified atom stereocenters. The quantitative estimate of drug-likeness (QED) is 0.712. The summed E-state index contributed by atoms with van der Waals surface area (Å²) in [7, 11) is 0. The zero-order valence-corrected chi connectivity index (χ0v) is 13.4. The first kappa shape index (κ1) is 13.5. The predicted octanol–water partition coefficient (Wildman–Crippen LogP) is 4.61. The highest BCUT2D eigenvalue weighted by Gasteiger charge is 2.08. The number of hydrogen-bond acceptors (Lipinski definition) is 1. The lowest BCUT2D eigenvalue weighted by atomic mass is 10.1. The van der Waals surface area contributed by atoms with Gasteiger partial charge in [-0.3, -0.25) is 4.79 Å². The average Bonchev–Trinajstić information content (AvgIpc) is 2.35. The van der Waals surface area contributed by atoms with E-state index in [9.17, 15) is 4.79 Å². The maximum Gasteiger partial charge on any atom is 0.255 e. The molecule has 0 fully saturated rings. The van der Waals surface area contributed by atoms with Gasteiger partial charge < -0.3 is 5.32 Å². The first-order valence-electron chi connectivity index (χ1n) is 5.40. The molecule has 0 heterocycles. The monoisotopic (exact) mass is 415 g/mol. The summed E-state index contributed by atoms with van der Waals surface area (Å²) in [5, 5.41) is 2.91. The SMILES string of the molecule is Cc1ccc(C(=O)Nc2ccccc2I)cc1Br. The van der Waals surface area contributed by atoms with Crippen molar-refractivity contribution in [3.63, 3.8) is 0 Å². The second-order valence-electron chi connectivity index (χ2n) is 3.90. The van der Waals surface area contributed by atoms with Gasteiger partial charge in [0.1, 0.15) is 0 Å². The molecule has 18 heavy (non-hydrogen) atoms. The smallest absolute Gasteiger partial charge is 0.255 e. The van der Waals surface area contributed by atoms with E-state index < -0.39 is 0 Å². The maximum atomic E-state index is 12.1. The van der Waals surface area contributed by atoms with Crippen molar-refractivity contribution in [2.24, 2.45) is 0 Å². The number of carbonyl (C=O) groups excluding carboxylic acids is 1. The maximum absolute atomic E-state index is 12.1. The fourth-order valence-electron chi connectivity index (χ4n) is 1.49. The topological polar surface area (TPSA) is 29.1 Å². The van der Waals surface area contributed by atoms with Crippen LogP contribution < -0.4 is 5.32 Å². The lowest BCUT2D eigenvalue weighted by molar-refractivity contribution is 0.102. The first-order valence-corrected chi connectivity index (χ1v) is 7.27. The summed E-state index contributed by atoms with van der Waals surface area (Å²) < 4.78 is 1.97. The highest BCUT2D eigenvalue weighted by Crippen LogP contribution is 2.20. The Morgan fingerprint density at radius 2 is 1.94 bits per heavy atom. The summed E-state index contributed by atoms with van der Waals surface area (Å²) >= 11 is 5.63. The van der Waals surface area contributed by atoms with Crippen molar-refractivity contribution < 1.29 is 4.79 Å². The third-order valence-electron chi connectivity index (χ3n) is 2.56. The molecule has 4 heteroatoms. The second kappa shape index (κ2) is 5.84. The lowest BCUT2D eigenvalue weighted by Gasteiger charge is -2.08. The molecule has 2 rings (SSSR count). The minimum absolute atomic E-state index is 0.0974. The Balaban J connectivity index is 2.22. The van der Waals surface area contributed by atoms with Crippen LogP contribution in [0, 0.1) is 10.5 Å². The molecule has 2 aromatic carbocycles. The van der Waals surface area contributed by atoms with E-state index in [1.807, 2.05) is 49.4 Å². The molecule has 0 saturated carbocycles. The normalized spacial score (nSPS) is 10.2. The summed E-state index contributed by atoms with van der Waals surface area (Å²) in [6, 6.07) is 13.3. The van der Waals surface area contributed by atoms with Crippen molar-refractivity contribution in [3.8, 4) is 0 Å². The molecule has 1 amide bonds. The van der Waals surface area contributed by atoms with Gasteiger partial charge in [0.25, 0.3) is 5.91 Å². The van der Waals surface area contributed by atoms with Gasteiger partial charge in [-0.25, -0.2) is 0 Å². The Labute approximate surface area is 128 Å². The molecular formula is C14H11BrINO. The molecule has 0 atom stereocenters. The largest absolute Gasteiger partial charge is 0.321 e. The van der Waals surface area contributed by atoms with Crippen LogP contribution in [-0.4, -0.2) is 5.91 Å². The Hall–Kier alpha value is -0.880. The van der Waals surface area contributed by atoms with Gasteiger partial charge in [0.05, 0.1) is 5.69 Å². The molecule has 1 N–H and O–H groups in total. The Kier molecular flexibility index (Phi) is 4.40. The predicted molar refractivity (Wildman–Crippen MR) is 86.0 cm³/mol. The van der Waals surface area contributed by atoms with Crippen LogP contribution in [0.2, 0.25) is 0 Å². The minimum atomic E-state index is -0.0974. The van der Waals surface area contributed by atoms with Gasteiger partial charge in [0.15, 0.2) is 0 Å². The summed E-state index contributed by atoms with van der Waals surface area (Å²) in [6.45, 7) is 1.99. The number of carbonyl (C=O) groups is 1. The van der Waals surface area contributed by atoms with Gasteiger partial charge >= 0.3 is 0 Å². The van der Waals surface area contributed by atoms with Crippen molar-refractivity contribution >= 4 is 50.1 Å². The third kappa shape index (κ3) is 3.11. The first-order chi connectivity index (χ1) is 8.58. The molecule has 2 aromatic rings. The Bertz CT molecular complexity index is 598. The molecule has 92 valence electrons. The fourth-order valence-corrected chi connectivity index (χ4v) is 2.39. The van der Waals surface area contributed by atoms with Crippen LogP contribution in [0.3, 0.4) is 0 Å². The van der Waals surface area contributed by atoms with Crippen LogP contribution >= 0.6 is 38.5 Å². The molecule has 0 spiro atoms. The molecule has 0 radical (unpaired) electrons. The number of amides is 1. The average molecular weight is 416 g/mol. The van der Waals surface area contributed by atoms with Crippen molar-refractivity contribution in [1.29, 1.82) is 0 Å². The number of para-hydroxylation sites is 1. The van der Waals surface area contributed by atoms with E-state index in [1.165, 1.54) is 0 Å².